The average Bonchev–Trinajstić information content (AvgIpc) is 2.47. The van der Waals surface area contributed by atoms with Crippen molar-refractivity contribution < 1.29 is 18.8 Å². The Labute approximate surface area is 132 Å². The van der Waals surface area contributed by atoms with E-state index in [1.807, 2.05) is 0 Å². The van der Waals surface area contributed by atoms with Crippen LogP contribution in [0.15, 0.2) is 48.5 Å². The zero-order chi connectivity index (χ0) is 16.8. The van der Waals surface area contributed by atoms with E-state index in [4.69, 9.17) is 0 Å². The number of hydrogen-bond acceptors (Lipinski definition) is 3. The van der Waals surface area contributed by atoms with Crippen LogP contribution in [0.2, 0.25) is 0 Å². The van der Waals surface area contributed by atoms with Crippen LogP contribution in [0.25, 0.3) is 0 Å². The standard InChI is InChI=1S/C17H15FN2O3/c1-11(21)12-5-7-14(8-6-12)19-16(22)10-17(23)20-15-4-2-3-13(18)9-15/h2-9H,10H2,1H3,(H,19,22)(H,20,23). The lowest BCUT2D eigenvalue weighted by Gasteiger charge is -2.07. The predicted octanol–water partition coefficient (Wildman–Crippen LogP) is 3.00. The Bertz CT molecular complexity index is 742. The molecule has 0 unspecified atom stereocenters. The third kappa shape index (κ3) is 5.03. The van der Waals surface area contributed by atoms with Crippen molar-refractivity contribution in [2.75, 3.05) is 10.6 Å². The van der Waals surface area contributed by atoms with Gasteiger partial charge in [-0.25, -0.2) is 4.39 Å². The molecule has 0 aliphatic heterocycles. The topological polar surface area (TPSA) is 75.3 Å². The summed E-state index contributed by atoms with van der Waals surface area (Å²) in [5, 5.41) is 4.99. The molecule has 0 aromatic heterocycles. The molecular formula is C17H15FN2O3. The molecule has 5 nitrogen and oxygen atoms in total. The summed E-state index contributed by atoms with van der Waals surface area (Å²) in [5.41, 5.74) is 1.30. The lowest BCUT2D eigenvalue weighted by Crippen LogP contribution is -2.21. The number of carbonyl (C=O) groups excluding carboxylic acids is 3. The molecule has 0 aliphatic carbocycles. The van der Waals surface area contributed by atoms with E-state index in [1.165, 1.54) is 25.1 Å². The molecule has 0 saturated heterocycles. The van der Waals surface area contributed by atoms with Gasteiger partial charge in [0.1, 0.15) is 12.2 Å². The second-order valence-corrected chi connectivity index (χ2v) is 4.92. The van der Waals surface area contributed by atoms with Crippen LogP contribution in [0.3, 0.4) is 0 Å². The van der Waals surface area contributed by atoms with Gasteiger partial charge in [0, 0.05) is 16.9 Å². The lowest BCUT2D eigenvalue weighted by molar-refractivity contribution is -0.123. The van der Waals surface area contributed by atoms with Crippen LogP contribution >= 0.6 is 0 Å². The number of anilines is 2. The summed E-state index contributed by atoms with van der Waals surface area (Å²) in [4.78, 5) is 34.7. The Morgan fingerprint density at radius 2 is 1.52 bits per heavy atom. The quantitative estimate of drug-likeness (QED) is 0.658. The summed E-state index contributed by atoms with van der Waals surface area (Å²) in [6.07, 6.45) is -0.398. The molecule has 2 amide bonds. The van der Waals surface area contributed by atoms with Gasteiger partial charge in [-0.05, 0) is 49.4 Å². The monoisotopic (exact) mass is 314 g/mol. The smallest absolute Gasteiger partial charge is 0.233 e. The fourth-order valence-corrected chi connectivity index (χ4v) is 1.91. The van der Waals surface area contributed by atoms with Crippen LogP contribution < -0.4 is 10.6 Å². The fraction of sp³-hybridized carbons (Fsp3) is 0.118. The van der Waals surface area contributed by atoms with Gasteiger partial charge in [-0.15, -0.1) is 0 Å². The second kappa shape index (κ2) is 7.31. The fourth-order valence-electron chi connectivity index (χ4n) is 1.91. The maximum absolute atomic E-state index is 13.0. The molecule has 2 rings (SSSR count). The average molecular weight is 314 g/mol. The minimum Gasteiger partial charge on any atom is -0.326 e. The Morgan fingerprint density at radius 3 is 2.09 bits per heavy atom. The first kappa shape index (κ1) is 16.4. The van der Waals surface area contributed by atoms with Gasteiger partial charge >= 0.3 is 0 Å². The van der Waals surface area contributed by atoms with E-state index < -0.39 is 24.1 Å². The highest BCUT2D eigenvalue weighted by Gasteiger charge is 2.10. The third-order valence-corrected chi connectivity index (χ3v) is 3.00. The zero-order valence-electron chi connectivity index (χ0n) is 12.4. The van der Waals surface area contributed by atoms with Crippen molar-refractivity contribution >= 4 is 29.0 Å². The minimum absolute atomic E-state index is 0.0719. The highest BCUT2D eigenvalue weighted by atomic mass is 19.1. The number of benzene rings is 2. The SMILES string of the molecule is CC(=O)c1ccc(NC(=O)CC(=O)Nc2cccc(F)c2)cc1. The Balaban J connectivity index is 1.88. The van der Waals surface area contributed by atoms with E-state index in [0.29, 0.717) is 11.3 Å². The molecule has 0 aliphatic rings. The number of ketones is 1. The second-order valence-electron chi connectivity index (χ2n) is 4.92. The van der Waals surface area contributed by atoms with Gasteiger partial charge in [0.15, 0.2) is 5.78 Å². The van der Waals surface area contributed by atoms with E-state index in [1.54, 1.807) is 24.3 Å². The van der Waals surface area contributed by atoms with Crippen molar-refractivity contribution in [1.82, 2.24) is 0 Å². The van der Waals surface area contributed by atoms with Crippen LogP contribution in [0.5, 0.6) is 0 Å². The largest absolute Gasteiger partial charge is 0.326 e. The molecule has 0 saturated carbocycles. The normalized spacial score (nSPS) is 10.0. The lowest BCUT2D eigenvalue weighted by atomic mass is 10.1. The van der Waals surface area contributed by atoms with Crippen LogP contribution in [0.4, 0.5) is 15.8 Å². The van der Waals surface area contributed by atoms with E-state index >= 15 is 0 Å². The van der Waals surface area contributed by atoms with E-state index in [-0.39, 0.29) is 11.5 Å². The molecule has 0 atom stereocenters. The Morgan fingerprint density at radius 1 is 0.913 bits per heavy atom. The van der Waals surface area contributed by atoms with Gasteiger partial charge in [0.2, 0.25) is 11.8 Å². The molecule has 0 spiro atoms. The first-order valence-corrected chi connectivity index (χ1v) is 6.90. The van der Waals surface area contributed by atoms with Crippen molar-refractivity contribution in [2.24, 2.45) is 0 Å². The van der Waals surface area contributed by atoms with Crippen LogP contribution in [-0.2, 0) is 9.59 Å². The molecule has 0 fully saturated rings. The van der Waals surface area contributed by atoms with Gasteiger partial charge in [-0.3, -0.25) is 14.4 Å². The highest BCUT2D eigenvalue weighted by Crippen LogP contribution is 2.12. The summed E-state index contributed by atoms with van der Waals surface area (Å²) in [6.45, 7) is 1.45. The summed E-state index contributed by atoms with van der Waals surface area (Å²) >= 11 is 0. The van der Waals surface area contributed by atoms with Gasteiger partial charge in [-0.2, -0.15) is 0 Å². The van der Waals surface area contributed by atoms with Gasteiger partial charge < -0.3 is 10.6 Å². The maximum Gasteiger partial charge on any atom is 0.233 e. The van der Waals surface area contributed by atoms with E-state index in [0.717, 1.165) is 6.07 Å². The molecule has 23 heavy (non-hydrogen) atoms. The number of rotatable bonds is 5. The molecule has 2 N–H and O–H groups in total. The molecule has 0 bridgehead atoms. The number of Topliss-reactive ketones (excluding diaryl/α,β-unsaturated/α-hetero) is 1. The van der Waals surface area contributed by atoms with E-state index in [2.05, 4.69) is 10.6 Å². The number of halogens is 1. The molecule has 2 aromatic carbocycles. The predicted molar refractivity (Wildman–Crippen MR) is 84.7 cm³/mol. The summed E-state index contributed by atoms with van der Waals surface area (Å²) in [5.74, 6) is -1.60. The number of carbonyl (C=O) groups is 3. The minimum atomic E-state index is -0.548. The van der Waals surface area contributed by atoms with Crippen molar-refractivity contribution in [2.45, 2.75) is 13.3 Å². The van der Waals surface area contributed by atoms with Gasteiger partial charge in [-0.1, -0.05) is 6.07 Å². The summed E-state index contributed by atoms with van der Waals surface area (Å²) < 4.78 is 13.0. The third-order valence-electron chi connectivity index (χ3n) is 3.00. The van der Waals surface area contributed by atoms with Crippen LogP contribution in [0.1, 0.15) is 23.7 Å². The maximum atomic E-state index is 13.0. The summed E-state index contributed by atoms with van der Waals surface area (Å²) in [6, 6.07) is 11.7. The van der Waals surface area contributed by atoms with Crippen LogP contribution in [0, 0.1) is 5.82 Å². The molecule has 2 aromatic rings. The molecular weight excluding hydrogens is 299 g/mol. The zero-order valence-corrected chi connectivity index (χ0v) is 12.4. The first-order chi connectivity index (χ1) is 10.9. The van der Waals surface area contributed by atoms with E-state index in [9.17, 15) is 18.8 Å². The Kier molecular flexibility index (Phi) is 5.19. The Hall–Kier alpha value is -3.02. The van der Waals surface area contributed by atoms with Crippen molar-refractivity contribution in [3.05, 3.63) is 59.9 Å². The summed E-state index contributed by atoms with van der Waals surface area (Å²) in [7, 11) is 0. The van der Waals surface area contributed by atoms with Crippen molar-refractivity contribution in [3.63, 3.8) is 0 Å². The number of hydrogen-bond donors (Lipinski definition) is 2. The highest BCUT2D eigenvalue weighted by molar-refractivity contribution is 6.08. The molecule has 6 heteroatoms. The number of amides is 2. The van der Waals surface area contributed by atoms with Crippen molar-refractivity contribution in [1.29, 1.82) is 0 Å². The van der Waals surface area contributed by atoms with Crippen molar-refractivity contribution in [3.8, 4) is 0 Å². The molecule has 118 valence electrons. The number of nitrogens with one attached hydrogen (secondary N) is 2. The molecule has 0 radical (unpaired) electrons. The molecule has 0 heterocycles. The first-order valence-electron chi connectivity index (χ1n) is 6.90. The van der Waals surface area contributed by atoms with Gasteiger partial charge in [0.25, 0.3) is 0 Å². The van der Waals surface area contributed by atoms with Gasteiger partial charge in [0.05, 0.1) is 0 Å². The van der Waals surface area contributed by atoms with Crippen LogP contribution in [-0.4, -0.2) is 17.6 Å².